The van der Waals surface area contributed by atoms with Gasteiger partial charge < -0.3 is 15.0 Å². The number of ether oxygens (including phenoxy) is 1. The summed E-state index contributed by atoms with van der Waals surface area (Å²) < 4.78 is 6.37. The summed E-state index contributed by atoms with van der Waals surface area (Å²) >= 11 is 4.91. The van der Waals surface area contributed by atoms with Gasteiger partial charge in [-0.25, -0.2) is 4.98 Å². The van der Waals surface area contributed by atoms with Crippen molar-refractivity contribution in [3.8, 4) is 0 Å². The molecule has 0 aliphatic carbocycles. The number of anilines is 2. The van der Waals surface area contributed by atoms with Crippen LogP contribution in [0.5, 0.6) is 0 Å². The fourth-order valence-corrected chi connectivity index (χ4v) is 3.28. The number of hydrogen-bond donors (Lipinski definition) is 1. The van der Waals surface area contributed by atoms with E-state index in [9.17, 15) is 4.79 Å². The van der Waals surface area contributed by atoms with Crippen molar-refractivity contribution in [2.45, 2.75) is 4.90 Å². The highest BCUT2D eigenvalue weighted by atomic mass is 79.9. The number of carbonyl (C=O) groups excluding carboxylic acids is 1. The number of pyridine rings is 1. The molecule has 1 aromatic heterocycles. The molecular weight excluding hydrogens is 390 g/mol. The number of rotatable bonds is 5. The molecule has 1 N–H and O–H groups in total. The van der Waals surface area contributed by atoms with Crippen molar-refractivity contribution in [3.05, 3.63) is 47.1 Å². The van der Waals surface area contributed by atoms with Crippen LogP contribution in [-0.4, -0.2) is 42.9 Å². The molecule has 24 heavy (non-hydrogen) atoms. The van der Waals surface area contributed by atoms with E-state index in [1.807, 2.05) is 36.4 Å². The number of benzene rings is 1. The number of halogens is 1. The van der Waals surface area contributed by atoms with Crippen molar-refractivity contribution in [2.75, 3.05) is 42.3 Å². The topological polar surface area (TPSA) is 54.5 Å². The maximum atomic E-state index is 12.0. The molecule has 0 unspecified atom stereocenters. The molecule has 1 aliphatic heterocycles. The van der Waals surface area contributed by atoms with Crippen molar-refractivity contribution in [1.29, 1.82) is 0 Å². The van der Waals surface area contributed by atoms with Crippen molar-refractivity contribution < 1.29 is 9.53 Å². The maximum Gasteiger partial charge on any atom is 0.234 e. The summed E-state index contributed by atoms with van der Waals surface area (Å²) in [6.45, 7) is 3.16. The molecule has 7 heteroatoms. The summed E-state index contributed by atoms with van der Waals surface area (Å²) in [4.78, 5) is 19.7. The molecule has 1 saturated heterocycles. The van der Waals surface area contributed by atoms with Gasteiger partial charge in [0.1, 0.15) is 5.82 Å². The molecule has 0 bridgehead atoms. The molecule has 2 heterocycles. The van der Waals surface area contributed by atoms with Crippen LogP contribution in [-0.2, 0) is 9.53 Å². The standard InChI is InChI=1S/C17H18BrN3O2S/c18-13-1-4-15(5-2-13)24-12-17(22)20-14-3-6-16(19-11-14)21-7-9-23-10-8-21/h1-6,11H,7-10,12H2,(H,20,22). The first kappa shape index (κ1) is 17.3. The summed E-state index contributed by atoms with van der Waals surface area (Å²) in [6, 6.07) is 11.7. The lowest BCUT2D eigenvalue weighted by Crippen LogP contribution is -2.36. The third kappa shape index (κ3) is 4.96. The normalized spacial score (nSPS) is 14.5. The van der Waals surface area contributed by atoms with Crippen molar-refractivity contribution in [1.82, 2.24) is 4.98 Å². The molecule has 0 radical (unpaired) electrons. The van der Waals surface area contributed by atoms with E-state index in [4.69, 9.17) is 4.74 Å². The summed E-state index contributed by atoms with van der Waals surface area (Å²) in [5, 5.41) is 2.88. The van der Waals surface area contributed by atoms with E-state index in [2.05, 4.69) is 31.1 Å². The Hall–Kier alpha value is -1.57. The molecule has 0 atom stereocenters. The quantitative estimate of drug-likeness (QED) is 0.769. The molecule has 1 aromatic carbocycles. The summed E-state index contributed by atoms with van der Waals surface area (Å²) in [5.74, 6) is 1.25. The summed E-state index contributed by atoms with van der Waals surface area (Å²) in [7, 11) is 0. The van der Waals surface area contributed by atoms with Gasteiger partial charge in [-0.05, 0) is 36.4 Å². The van der Waals surface area contributed by atoms with Gasteiger partial charge in [0.05, 0.1) is 30.9 Å². The zero-order chi connectivity index (χ0) is 16.8. The van der Waals surface area contributed by atoms with Gasteiger partial charge in [-0.15, -0.1) is 11.8 Å². The number of amides is 1. The average molecular weight is 408 g/mol. The second-order valence-corrected chi connectivity index (χ2v) is 7.26. The SMILES string of the molecule is O=C(CSc1ccc(Br)cc1)Nc1ccc(N2CCOCC2)nc1. The summed E-state index contributed by atoms with van der Waals surface area (Å²) in [6.07, 6.45) is 1.70. The van der Waals surface area contributed by atoms with Crippen LogP contribution in [0.15, 0.2) is 52.0 Å². The predicted molar refractivity (Wildman–Crippen MR) is 101 cm³/mol. The van der Waals surface area contributed by atoms with Crippen LogP contribution in [0.1, 0.15) is 0 Å². The highest BCUT2D eigenvalue weighted by Crippen LogP contribution is 2.21. The van der Waals surface area contributed by atoms with Gasteiger partial charge in [-0.2, -0.15) is 0 Å². The zero-order valence-electron chi connectivity index (χ0n) is 13.1. The van der Waals surface area contributed by atoms with Crippen LogP contribution < -0.4 is 10.2 Å². The Balaban J connectivity index is 1.49. The molecule has 5 nitrogen and oxygen atoms in total. The average Bonchev–Trinajstić information content (AvgIpc) is 2.63. The van der Waals surface area contributed by atoms with Crippen molar-refractivity contribution in [2.24, 2.45) is 0 Å². The number of morpholine rings is 1. The van der Waals surface area contributed by atoms with Gasteiger partial charge in [0.15, 0.2) is 0 Å². The number of nitrogens with zero attached hydrogens (tertiary/aromatic N) is 2. The fourth-order valence-electron chi connectivity index (χ4n) is 2.32. The Bertz CT molecular complexity index is 673. The van der Waals surface area contributed by atoms with Gasteiger partial charge in [-0.1, -0.05) is 15.9 Å². The Labute approximate surface area is 153 Å². The molecule has 0 spiro atoms. The van der Waals surface area contributed by atoms with Crippen LogP contribution in [0.3, 0.4) is 0 Å². The lowest BCUT2D eigenvalue weighted by molar-refractivity contribution is -0.113. The second kappa shape index (κ2) is 8.50. The van der Waals surface area contributed by atoms with Gasteiger partial charge in [0, 0.05) is 22.5 Å². The van der Waals surface area contributed by atoms with Gasteiger partial charge in [0.25, 0.3) is 0 Å². The molecule has 2 aromatic rings. The smallest absolute Gasteiger partial charge is 0.234 e. The third-order valence-electron chi connectivity index (χ3n) is 3.55. The van der Waals surface area contributed by atoms with E-state index in [0.29, 0.717) is 11.4 Å². The first-order chi connectivity index (χ1) is 11.7. The van der Waals surface area contributed by atoms with Gasteiger partial charge >= 0.3 is 0 Å². The molecule has 1 fully saturated rings. The third-order valence-corrected chi connectivity index (χ3v) is 5.09. The number of hydrogen-bond acceptors (Lipinski definition) is 5. The van der Waals surface area contributed by atoms with Crippen LogP contribution in [0.2, 0.25) is 0 Å². The van der Waals surface area contributed by atoms with Crippen LogP contribution in [0, 0.1) is 0 Å². The zero-order valence-corrected chi connectivity index (χ0v) is 15.5. The molecule has 3 rings (SSSR count). The Kier molecular flexibility index (Phi) is 6.12. The second-order valence-electron chi connectivity index (χ2n) is 5.30. The van der Waals surface area contributed by atoms with Crippen LogP contribution >= 0.6 is 27.7 Å². The molecule has 1 aliphatic rings. The maximum absolute atomic E-state index is 12.0. The van der Waals surface area contributed by atoms with Crippen LogP contribution in [0.25, 0.3) is 0 Å². The predicted octanol–water partition coefficient (Wildman–Crippen LogP) is 3.41. The Morgan fingerprint density at radius 2 is 1.96 bits per heavy atom. The Morgan fingerprint density at radius 1 is 1.21 bits per heavy atom. The number of nitrogens with one attached hydrogen (secondary N) is 1. The lowest BCUT2D eigenvalue weighted by atomic mass is 10.3. The van der Waals surface area contributed by atoms with E-state index in [0.717, 1.165) is 41.5 Å². The monoisotopic (exact) mass is 407 g/mol. The van der Waals surface area contributed by atoms with E-state index >= 15 is 0 Å². The first-order valence-electron chi connectivity index (χ1n) is 7.68. The minimum atomic E-state index is -0.0381. The highest BCUT2D eigenvalue weighted by Gasteiger charge is 2.12. The number of carbonyl (C=O) groups is 1. The molecular formula is C17H18BrN3O2S. The van der Waals surface area contributed by atoms with E-state index in [1.165, 1.54) is 11.8 Å². The fraction of sp³-hybridized carbons (Fsp3) is 0.294. The molecule has 126 valence electrons. The van der Waals surface area contributed by atoms with E-state index < -0.39 is 0 Å². The number of thioether (sulfide) groups is 1. The summed E-state index contributed by atoms with van der Waals surface area (Å²) in [5.41, 5.74) is 0.716. The van der Waals surface area contributed by atoms with Crippen molar-refractivity contribution in [3.63, 3.8) is 0 Å². The molecule has 0 saturated carbocycles. The molecule has 1 amide bonds. The van der Waals surface area contributed by atoms with E-state index in [1.54, 1.807) is 6.20 Å². The first-order valence-corrected chi connectivity index (χ1v) is 9.45. The van der Waals surface area contributed by atoms with Crippen LogP contribution in [0.4, 0.5) is 11.5 Å². The highest BCUT2D eigenvalue weighted by molar-refractivity contribution is 9.10. The van der Waals surface area contributed by atoms with Gasteiger partial charge in [-0.3, -0.25) is 4.79 Å². The lowest BCUT2D eigenvalue weighted by Gasteiger charge is -2.27. The largest absolute Gasteiger partial charge is 0.378 e. The Morgan fingerprint density at radius 3 is 2.62 bits per heavy atom. The van der Waals surface area contributed by atoms with E-state index in [-0.39, 0.29) is 5.91 Å². The minimum Gasteiger partial charge on any atom is -0.378 e. The van der Waals surface area contributed by atoms with Gasteiger partial charge in [0.2, 0.25) is 5.91 Å². The number of aromatic nitrogens is 1. The minimum absolute atomic E-state index is 0.0381. The van der Waals surface area contributed by atoms with Crippen molar-refractivity contribution >= 4 is 45.1 Å².